The number of nitrogens with one attached hydrogen (secondary N) is 2. The highest BCUT2D eigenvalue weighted by molar-refractivity contribution is 5.43. The van der Waals surface area contributed by atoms with Crippen molar-refractivity contribution in [1.29, 1.82) is 0 Å². The zero-order chi connectivity index (χ0) is 14.5. The normalized spacial score (nSPS) is 16.6. The molecule has 0 spiro atoms. The van der Waals surface area contributed by atoms with E-state index in [0.717, 1.165) is 25.9 Å². The zero-order valence-corrected chi connectivity index (χ0v) is 12.0. The number of hydrazine groups is 1. The third-order valence-corrected chi connectivity index (χ3v) is 3.38. The fourth-order valence-corrected chi connectivity index (χ4v) is 2.00. The average Bonchev–Trinajstić information content (AvgIpc) is 2.98. The summed E-state index contributed by atoms with van der Waals surface area (Å²) in [7, 11) is 0. The molecule has 1 unspecified atom stereocenters. The van der Waals surface area contributed by atoms with E-state index in [1.807, 2.05) is 13.8 Å². The van der Waals surface area contributed by atoms with Crippen molar-refractivity contribution in [3.63, 3.8) is 0 Å². The van der Waals surface area contributed by atoms with Gasteiger partial charge in [0.05, 0.1) is 6.10 Å². The molecule has 112 valence electrons. The summed E-state index contributed by atoms with van der Waals surface area (Å²) in [6.07, 6.45) is 1.84. The molecule has 0 radical (unpaired) electrons. The fourth-order valence-electron chi connectivity index (χ4n) is 2.00. The van der Waals surface area contributed by atoms with Crippen molar-refractivity contribution >= 4 is 17.8 Å². The molecular weight excluding hydrogens is 258 g/mol. The van der Waals surface area contributed by atoms with Crippen LogP contribution in [0.4, 0.5) is 17.8 Å². The van der Waals surface area contributed by atoms with Gasteiger partial charge in [-0.15, -0.1) is 0 Å². The summed E-state index contributed by atoms with van der Waals surface area (Å²) in [4.78, 5) is 14.9. The molecule has 1 atom stereocenters. The van der Waals surface area contributed by atoms with Gasteiger partial charge in [-0.2, -0.15) is 15.0 Å². The Kier molecular flexibility index (Phi) is 4.91. The Hall–Kier alpha value is -1.67. The zero-order valence-electron chi connectivity index (χ0n) is 12.0. The average molecular weight is 281 g/mol. The standard InChI is InChI=1S/C12H23N7O/c1-8(2)9(20)7-14-10-15-11(18-13)17-12(16-10)19-5-3-4-6-19/h8-9,20H,3-7,13H2,1-2H3,(H2,14,15,16,17,18). The maximum Gasteiger partial charge on any atom is 0.243 e. The Morgan fingerprint density at radius 3 is 2.45 bits per heavy atom. The first kappa shape index (κ1) is 14.7. The van der Waals surface area contributed by atoms with Crippen LogP contribution in [0.3, 0.4) is 0 Å². The molecule has 0 saturated carbocycles. The minimum absolute atomic E-state index is 0.175. The number of aromatic nitrogens is 3. The van der Waals surface area contributed by atoms with E-state index in [0.29, 0.717) is 24.4 Å². The van der Waals surface area contributed by atoms with Gasteiger partial charge in [0.2, 0.25) is 17.8 Å². The van der Waals surface area contributed by atoms with Gasteiger partial charge in [0.25, 0.3) is 0 Å². The van der Waals surface area contributed by atoms with Crippen molar-refractivity contribution in [2.24, 2.45) is 11.8 Å². The van der Waals surface area contributed by atoms with Crippen molar-refractivity contribution in [1.82, 2.24) is 15.0 Å². The molecule has 8 heteroatoms. The SMILES string of the molecule is CC(C)C(O)CNc1nc(NN)nc(N2CCCC2)n1. The summed E-state index contributed by atoms with van der Waals surface area (Å²) in [6, 6.07) is 0. The molecule has 8 nitrogen and oxygen atoms in total. The van der Waals surface area contributed by atoms with Gasteiger partial charge in [0.1, 0.15) is 0 Å². The minimum Gasteiger partial charge on any atom is -0.391 e. The number of nitrogen functional groups attached to an aromatic ring is 1. The number of hydrogen-bond acceptors (Lipinski definition) is 8. The summed E-state index contributed by atoms with van der Waals surface area (Å²) in [5.74, 6) is 6.93. The Morgan fingerprint density at radius 1 is 1.20 bits per heavy atom. The first-order valence-corrected chi connectivity index (χ1v) is 6.99. The van der Waals surface area contributed by atoms with Gasteiger partial charge in [-0.05, 0) is 18.8 Å². The molecule has 1 aromatic heterocycles. The molecule has 0 bridgehead atoms. The van der Waals surface area contributed by atoms with E-state index < -0.39 is 6.10 Å². The first-order valence-electron chi connectivity index (χ1n) is 6.99. The van der Waals surface area contributed by atoms with E-state index in [2.05, 4.69) is 30.6 Å². The quantitative estimate of drug-likeness (QED) is 0.432. The number of aliphatic hydroxyl groups is 1. The number of aliphatic hydroxyl groups excluding tert-OH is 1. The molecule has 1 aliphatic rings. The number of nitrogens with zero attached hydrogens (tertiary/aromatic N) is 4. The molecular formula is C12H23N7O. The maximum atomic E-state index is 9.81. The Morgan fingerprint density at radius 2 is 1.85 bits per heavy atom. The highest BCUT2D eigenvalue weighted by Gasteiger charge is 2.17. The van der Waals surface area contributed by atoms with Crippen LogP contribution in [0.2, 0.25) is 0 Å². The van der Waals surface area contributed by atoms with Crippen molar-refractivity contribution in [3.8, 4) is 0 Å². The lowest BCUT2D eigenvalue weighted by atomic mass is 10.1. The molecule has 2 heterocycles. The van der Waals surface area contributed by atoms with Gasteiger partial charge in [-0.3, -0.25) is 5.43 Å². The molecule has 1 saturated heterocycles. The van der Waals surface area contributed by atoms with Crippen molar-refractivity contribution in [2.45, 2.75) is 32.8 Å². The molecule has 1 aliphatic heterocycles. The third-order valence-electron chi connectivity index (χ3n) is 3.38. The largest absolute Gasteiger partial charge is 0.391 e. The highest BCUT2D eigenvalue weighted by atomic mass is 16.3. The van der Waals surface area contributed by atoms with Crippen LogP contribution in [0.1, 0.15) is 26.7 Å². The van der Waals surface area contributed by atoms with Gasteiger partial charge in [0.15, 0.2) is 0 Å². The van der Waals surface area contributed by atoms with Gasteiger partial charge in [-0.1, -0.05) is 13.8 Å². The van der Waals surface area contributed by atoms with E-state index in [1.165, 1.54) is 0 Å². The van der Waals surface area contributed by atoms with Gasteiger partial charge >= 0.3 is 0 Å². The maximum absolute atomic E-state index is 9.81. The van der Waals surface area contributed by atoms with Crippen LogP contribution in [0.25, 0.3) is 0 Å². The van der Waals surface area contributed by atoms with Crippen molar-refractivity contribution in [3.05, 3.63) is 0 Å². The van der Waals surface area contributed by atoms with Crippen LogP contribution in [0.15, 0.2) is 0 Å². The van der Waals surface area contributed by atoms with Crippen LogP contribution in [0.5, 0.6) is 0 Å². The third kappa shape index (κ3) is 3.67. The lowest BCUT2D eigenvalue weighted by Gasteiger charge is -2.18. The summed E-state index contributed by atoms with van der Waals surface area (Å²) in [6.45, 7) is 6.21. The second kappa shape index (κ2) is 6.67. The van der Waals surface area contributed by atoms with Gasteiger partial charge in [0, 0.05) is 19.6 Å². The minimum atomic E-state index is -0.448. The molecule has 20 heavy (non-hydrogen) atoms. The lowest BCUT2D eigenvalue weighted by molar-refractivity contribution is 0.137. The smallest absolute Gasteiger partial charge is 0.243 e. The van der Waals surface area contributed by atoms with E-state index in [9.17, 15) is 5.11 Å². The summed E-state index contributed by atoms with van der Waals surface area (Å²) in [5.41, 5.74) is 2.45. The van der Waals surface area contributed by atoms with Crippen LogP contribution in [-0.2, 0) is 0 Å². The van der Waals surface area contributed by atoms with Gasteiger partial charge in [-0.25, -0.2) is 5.84 Å². The van der Waals surface area contributed by atoms with Crippen LogP contribution in [0, 0.1) is 5.92 Å². The molecule has 5 N–H and O–H groups in total. The number of rotatable bonds is 6. The van der Waals surface area contributed by atoms with E-state index in [1.54, 1.807) is 0 Å². The Bertz CT molecular complexity index is 434. The molecule has 0 aliphatic carbocycles. The number of hydrogen-bond donors (Lipinski definition) is 4. The second-order valence-corrected chi connectivity index (χ2v) is 5.31. The van der Waals surface area contributed by atoms with Crippen molar-refractivity contribution < 1.29 is 5.11 Å². The number of anilines is 3. The first-order chi connectivity index (χ1) is 9.60. The molecule has 0 amide bonds. The predicted octanol–water partition coefficient (Wildman–Crippen LogP) is 0.186. The molecule has 1 fully saturated rings. The molecule has 1 aromatic rings. The lowest BCUT2D eigenvalue weighted by Crippen LogP contribution is -2.27. The monoisotopic (exact) mass is 281 g/mol. The van der Waals surface area contributed by atoms with Crippen LogP contribution < -0.4 is 21.5 Å². The molecule has 0 aromatic carbocycles. The van der Waals surface area contributed by atoms with Crippen LogP contribution >= 0.6 is 0 Å². The topological polar surface area (TPSA) is 112 Å². The van der Waals surface area contributed by atoms with Crippen LogP contribution in [-0.4, -0.2) is 45.8 Å². The van der Waals surface area contributed by atoms with E-state index in [-0.39, 0.29) is 5.92 Å². The Labute approximate surface area is 118 Å². The summed E-state index contributed by atoms with van der Waals surface area (Å²) in [5, 5.41) is 12.8. The second-order valence-electron chi connectivity index (χ2n) is 5.31. The summed E-state index contributed by atoms with van der Waals surface area (Å²) < 4.78 is 0. The predicted molar refractivity (Wildman–Crippen MR) is 78.4 cm³/mol. The van der Waals surface area contributed by atoms with Crippen molar-refractivity contribution in [2.75, 3.05) is 35.3 Å². The Balaban J connectivity index is 2.09. The van der Waals surface area contributed by atoms with E-state index in [4.69, 9.17) is 5.84 Å². The fraction of sp³-hybridized carbons (Fsp3) is 0.750. The number of nitrogens with two attached hydrogens (primary N) is 1. The molecule has 2 rings (SSSR count). The van der Waals surface area contributed by atoms with E-state index >= 15 is 0 Å². The van der Waals surface area contributed by atoms with Gasteiger partial charge < -0.3 is 15.3 Å². The summed E-state index contributed by atoms with van der Waals surface area (Å²) >= 11 is 0. The highest BCUT2D eigenvalue weighted by Crippen LogP contribution is 2.18.